The molecule has 0 unspecified atom stereocenters. The zero-order valence-electron chi connectivity index (χ0n) is 17.6. The van der Waals surface area contributed by atoms with Gasteiger partial charge in [-0.15, -0.1) is 0 Å². The Morgan fingerprint density at radius 1 is 1.22 bits per heavy atom. The lowest BCUT2D eigenvalue weighted by molar-refractivity contribution is -0.124. The van der Waals surface area contributed by atoms with Gasteiger partial charge in [-0.3, -0.25) is 14.6 Å². The summed E-state index contributed by atoms with van der Waals surface area (Å²) in [4.78, 5) is 36.7. The lowest BCUT2D eigenvalue weighted by atomic mass is 10.1. The number of amides is 2. The van der Waals surface area contributed by atoms with Gasteiger partial charge in [-0.2, -0.15) is 0 Å². The molecule has 0 aliphatic carbocycles. The van der Waals surface area contributed by atoms with Crippen LogP contribution in [0.1, 0.15) is 38.7 Å². The summed E-state index contributed by atoms with van der Waals surface area (Å²) in [6, 6.07) is 9.79. The van der Waals surface area contributed by atoms with Crippen LogP contribution in [0.3, 0.4) is 0 Å². The SMILES string of the molecule is CCC[C@H]1N=C2c3ccccc3N=C(S[C@@H](CC)C(=O)Nc3cc(F)ccc3F)N2C1=O. The summed E-state index contributed by atoms with van der Waals surface area (Å²) in [5, 5.41) is 2.12. The summed E-state index contributed by atoms with van der Waals surface area (Å²) in [5.41, 5.74) is 1.21. The molecule has 0 aromatic heterocycles. The van der Waals surface area contributed by atoms with Gasteiger partial charge in [0.1, 0.15) is 23.5 Å². The number of rotatable bonds is 6. The molecule has 6 nitrogen and oxygen atoms in total. The van der Waals surface area contributed by atoms with Crippen LogP contribution in [-0.2, 0) is 9.59 Å². The number of benzene rings is 2. The zero-order chi connectivity index (χ0) is 22.8. The highest BCUT2D eigenvalue weighted by molar-refractivity contribution is 8.15. The van der Waals surface area contributed by atoms with E-state index in [4.69, 9.17) is 0 Å². The number of carbonyl (C=O) groups excluding carboxylic acids is 2. The average Bonchev–Trinajstić information content (AvgIpc) is 3.11. The molecule has 0 bridgehead atoms. The highest BCUT2D eigenvalue weighted by Gasteiger charge is 2.42. The standard InChI is InChI=1S/C23H22F2N4O2S/c1-3-7-17-22(31)29-20(26-17)14-8-5-6-9-16(14)28-23(29)32-19(4-2)21(30)27-18-12-13(24)10-11-15(18)25/h5-6,8-12,17,19H,3-4,7H2,1-2H3,(H,27,30)/t17-,19+/m1/s1. The highest BCUT2D eigenvalue weighted by Crippen LogP contribution is 2.36. The van der Waals surface area contributed by atoms with E-state index in [1.807, 2.05) is 31.2 Å². The van der Waals surface area contributed by atoms with Crippen LogP contribution in [0.15, 0.2) is 52.4 Å². The monoisotopic (exact) mass is 456 g/mol. The number of hydrogen-bond donors (Lipinski definition) is 1. The Labute approximate surface area is 188 Å². The number of aliphatic imine (C=N–C) groups is 2. The van der Waals surface area contributed by atoms with E-state index in [0.717, 1.165) is 41.9 Å². The summed E-state index contributed by atoms with van der Waals surface area (Å²) in [5.74, 6) is -1.52. The van der Waals surface area contributed by atoms with Gasteiger partial charge in [-0.05, 0) is 37.1 Å². The van der Waals surface area contributed by atoms with Gasteiger partial charge >= 0.3 is 0 Å². The second kappa shape index (κ2) is 9.20. The Kier molecular flexibility index (Phi) is 6.36. The number of carbonyl (C=O) groups is 2. The first kappa shape index (κ1) is 22.1. The predicted molar refractivity (Wildman–Crippen MR) is 122 cm³/mol. The van der Waals surface area contributed by atoms with Crippen molar-refractivity contribution in [3.63, 3.8) is 0 Å². The number of nitrogens with zero attached hydrogens (tertiary/aromatic N) is 3. The molecule has 0 saturated heterocycles. The molecule has 32 heavy (non-hydrogen) atoms. The largest absolute Gasteiger partial charge is 0.323 e. The van der Waals surface area contributed by atoms with Crippen molar-refractivity contribution >= 4 is 46.0 Å². The molecule has 0 radical (unpaired) electrons. The third kappa shape index (κ3) is 4.17. The fourth-order valence-electron chi connectivity index (χ4n) is 3.60. The Morgan fingerprint density at radius 3 is 2.75 bits per heavy atom. The van der Waals surface area contributed by atoms with Crippen molar-refractivity contribution < 1.29 is 18.4 Å². The molecule has 2 aliphatic heterocycles. The molecular weight excluding hydrogens is 434 g/mol. The number of hydrogen-bond acceptors (Lipinski definition) is 5. The fraction of sp³-hybridized carbons (Fsp3) is 0.304. The fourth-order valence-corrected chi connectivity index (χ4v) is 4.62. The Hall–Kier alpha value is -3.07. The van der Waals surface area contributed by atoms with Crippen LogP contribution < -0.4 is 5.32 Å². The van der Waals surface area contributed by atoms with Gasteiger partial charge in [0.2, 0.25) is 5.91 Å². The van der Waals surface area contributed by atoms with E-state index < -0.39 is 28.8 Å². The van der Waals surface area contributed by atoms with Crippen molar-refractivity contribution in [1.29, 1.82) is 0 Å². The Balaban J connectivity index is 1.62. The lowest BCUT2D eigenvalue weighted by Crippen LogP contribution is -2.42. The van der Waals surface area contributed by atoms with Gasteiger partial charge in [-0.1, -0.05) is 44.2 Å². The van der Waals surface area contributed by atoms with Gasteiger partial charge in [0.25, 0.3) is 5.91 Å². The van der Waals surface area contributed by atoms with Crippen LogP contribution in [0, 0.1) is 11.6 Å². The predicted octanol–water partition coefficient (Wildman–Crippen LogP) is 4.87. The van der Waals surface area contributed by atoms with E-state index in [0.29, 0.717) is 29.5 Å². The van der Waals surface area contributed by atoms with Crippen molar-refractivity contribution in [3.8, 4) is 0 Å². The minimum absolute atomic E-state index is 0.172. The number of para-hydroxylation sites is 1. The van der Waals surface area contributed by atoms with Gasteiger partial charge in [0.05, 0.1) is 16.6 Å². The molecule has 2 aliphatic rings. The maximum Gasteiger partial charge on any atom is 0.259 e. The summed E-state index contributed by atoms with van der Waals surface area (Å²) < 4.78 is 27.5. The quantitative estimate of drug-likeness (QED) is 0.674. The minimum atomic E-state index is -0.727. The zero-order valence-corrected chi connectivity index (χ0v) is 18.5. The summed E-state index contributed by atoms with van der Waals surface area (Å²) in [7, 11) is 0. The molecule has 0 spiro atoms. The van der Waals surface area contributed by atoms with Crippen molar-refractivity contribution in [2.75, 3.05) is 5.32 Å². The van der Waals surface area contributed by atoms with Crippen molar-refractivity contribution in [2.24, 2.45) is 9.98 Å². The number of anilines is 1. The highest BCUT2D eigenvalue weighted by atomic mass is 32.2. The molecule has 2 atom stereocenters. The van der Waals surface area contributed by atoms with Crippen molar-refractivity contribution in [1.82, 2.24) is 4.90 Å². The molecule has 0 fully saturated rings. The lowest BCUT2D eigenvalue weighted by Gasteiger charge is -2.27. The second-order valence-corrected chi connectivity index (χ2v) is 8.64. The van der Waals surface area contributed by atoms with E-state index >= 15 is 0 Å². The molecule has 2 aromatic carbocycles. The van der Waals surface area contributed by atoms with E-state index in [-0.39, 0.29) is 11.6 Å². The molecular formula is C23H22F2N4O2S. The maximum atomic E-state index is 14.0. The molecule has 2 amide bonds. The van der Waals surface area contributed by atoms with Crippen LogP contribution in [-0.4, -0.2) is 39.0 Å². The molecule has 2 heterocycles. The topological polar surface area (TPSA) is 74.1 Å². The molecule has 1 N–H and O–H groups in total. The van der Waals surface area contributed by atoms with Crippen LogP contribution in [0.5, 0.6) is 0 Å². The molecule has 4 rings (SSSR count). The van der Waals surface area contributed by atoms with Gasteiger partial charge in [0, 0.05) is 11.6 Å². The van der Waals surface area contributed by atoms with Crippen LogP contribution >= 0.6 is 11.8 Å². The molecule has 9 heteroatoms. The Bertz CT molecular complexity index is 1130. The third-order valence-electron chi connectivity index (χ3n) is 5.21. The van der Waals surface area contributed by atoms with E-state index in [9.17, 15) is 18.4 Å². The maximum absolute atomic E-state index is 14.0. The second-order valence-electron chi connectivity index (χ2n) is 7.47. The normalized spacial score (nSPS) is 17.9. The number of fused-ring (bicyclic) bond motifs is 3. The number of thioether (sulfide) groups is 1. The van der Waals surface area contributed by atoms with E-state index in [2.05, 4.69) is 15.3 Å². The van der Waals surface area contributed by atoms with Crippen LogP contribution in [0.25, 0.3) is 0 Å². The van der Waals surface area contributed by atoms with Gasteiger partial charge in [0.15, 0.2) is 5.17 Å². The molecule has 2 aromatic rings. The van der Waals surface area contributed by atoms with Gasteiger partial charge in [-0.25, -0.2) is 18.7 Å². The van der Waals surface area contributed by atoms with Crippen LogP contribution in [0.2, 0.25) is 0 Å². The Morgan fingerprint density at radius 2 is 2.00 bits per heavy atom. The first-order valence-corrected chi connectivity index (χ1v) is 11.3. The van der Waals surface area contributed by atoms with Crippen molar-refractivity contribution in [3.05, 3.63) is 59.7 Å². The molecule has 0 saturated carbocycles. The number of halogens is 2. The van der Waals surface area contributed by atoms with Gasteiger partial charge < -0.3 is 5.32 Å². The third-order valence-corrected chi connectivity index (χ3v) is 6.52. The van der Waals surface area contributed by atoms with E-state index in [1.165, 1.54) is 4.90 Å². The summed E-state index contributed by atoms with van der Waals surface area (Å²) in [6.45, 7) is 3.79. The molecule has 166 valence electrons. The summed E-state index contributed by atoms with van der Waals surface area (Å²) >= 11 is 1.11. The summed E-state index contributed by atoms with van der Waals surface area (Å²) in [6.07, 6.45) is 1.82. The first-order valence-electron chi connectivity index (χ1n) is 10.4. The van der Waals surface area contributed by atoms with Crippen molar-refractivity contribution in [2.45, 2.75) is 44.4 Å². The minimum Gasteiger partial charge on any atom is -0.323 e. The van der Waals surface area contributed by atoms with E-state index in [1.54, 1.807) is 6.92 Å². The smallest absolute Gasteiger partial charge is 0.259 e. The first-order chi connectivity index (χ1) is 15.4. The van der Waals surface area contributed by atoms with Crippen LogP contribution in [0.4, 0.5) is 20.2 Å². The number of amidine groups is 2. The number of nitrogens with one attached hydrogen (secondary N) is 1. The average molecular weight is 457 g/mol.